The van der Waals surface area contributed by atoms with Gasteiger partial charge in [-0.15, -0.1) is 22.7 Å². The SMILES string of the molecule is CCc1nc2cc(-c3cccc(-c4nc(-c5ccccc5)nc(-c5cccc(-c6ccc7sc(CC)nc7c6)c5)n4)c3)ccc2s1. The smallest absolute Gasteiger partial charge is 0.164 e. The van der Waals surface area contributed by atoms with Crippen molar-refractivity contribution in [1.82, 2.24) is 24.9 Å². The standard InChI is InChI=1S/C39H29N5S2/c1-3-35-40-31-22-27(16-18-33(31)45-35)25-12-8-14-29(20-25)38-42-37(24-10-6-5-7-11-24)43-39(44-38)30-15-9-13-26(21-30)28-17-19-34-32(23-28)41-36(4-2)46-34/h5-23H,3-4H2,1-2H3. The number of hydrogen-bond donors (Lipinski definition) is 0. The van der Waals surface area contributed by atoms with Crippen LogP contribution in [0.15, 0.2) is 115 Å². The van der Waals surface area contributed by atoms with Crippen LogP contribution in [0.25, 0.3) is 76.9 Å². The van der Waals surface area contributed by atoms with Gasteiger partial charge in [-0.3, -0.25) is 0 Å². The minimum atomic E-state index is 0.634. The van der Waals surface area contributed by atoms with E-state index in [4.69, 9.17) is 24.9 Å². The Bertz CT molecular complexity index is 2210. The largest absolute Gasteiger partial charge is 0.241 e. The Morgan fingerprint density at radius 2 is 0.804 bits per heavy atom. The van der Waals surface area contributed by atoms with Crippen LogP contribution >= 0.6 is 22.7 Å². The summed E-state index contributed by atoms with van der Waals surface area (Å²) in [4.78, 5) is 24.7. The lowest BCUT2D eigenvalue weighted by molar-refractivity contribution is 1.07. The maximum Gasteiger partial charge on any atom is 0.164 e. The average Bonchev–Trinajstić information content (AvgIpc) is 3.75. The molecule has 8 aromatic rings. The van der Waals surface area contributed by atoms with Crippen molar-refractivity contribution >= 4 is 43.1 Å². The molecule has 222 valence electrons. The third-order valence-corrected chi connectivity index (χ3v) is 10.4. The van der Waals surface area contributed by atoms with E-state index in [0.717, 1.165) is 72.8 Å². The molecule has 0 aliphatic carbocycles. The summed E-state index contributed by atoms with van der Waals surface area (Å²) < 4.78 is 2.43. The molecule has 0 atom stereocenters. The zero-order valence-electron chi connectivity index (χ0n) is 25.4. The predicted molar refractivity (Wildman–Crippen MR) is 192 cm³/mol. The molecule has 0 aliphatic rings. The van der Waals surface area contributed by atoms with E-state index in [0.29, 0.717) is 17.5 Å². The monoisotopic (exact) mass is 631 g/mol. The van der Waals surface area contributed by atoms with Gasteiger partial charge in [-0.05, 0) is 71.5 Å². The number of benzene rings is 5. The van der Waals surface area contributed by atoms with Crippen molar-refractivity contribution < 1.29 is 0 Å². The molecular formula is C39H29N5S2. The predicted octanol–water partition coefficient (Wildman–Crippen LogP) is 10.6. The Morgan fingerprint density at radius 1 is 0.391 bits per heavy atom. The van der Waals surface area contributed by atoms with Gasteiger partial charge in [-0.25, -0.2) is 24.9 Å². The molecule has 5 nitrogen and oxygen atoms in total. The van der Waals surface area contributed by atoms with Crippen molar-refractivity contribution in [3.63, 3.8) is 0 Å². The zero-order chi connectivity index (χ0) is 31.0. The molecule has 0 spiro atoms. The maximum absolute atomic E-state index is 5.05. The number of aromatic nitrogens is 5. The summed E-state index contributed by atoms with van der Waals surface area (Å²) in [7, 11) is 0. The lowest BCUT2D eigenvalue weighted by atomic mass is 10.0. The van der Waals surface area contributed by atoms with Crippen molar-refractivity contribution in [3.05, 3.63) is 125 Å². The summed E-state index contributed by atoms with van der Waals surface area (Å²) in [5, 5.41) is 2.32. The van der Waals surface area contributed by atoms with Gasteiger partial charge in [0, 0.05) is 16.7 Å². The highest BCUT2D eigenvalue weighted by molar-refractivity contribution is 7.18. The summed E-state index contributed by atoms with van der Waals surface area (Å²) in [6.07, 6.45) is 1.89. The van der Waals surface area contributed by atoms with E-state index in [9.17, 15) is 0 Å². The Hall–Kier alpha value is -5.11. The topological polar surface area (TPSA) is 64.5 Å². The van der Waals surface area contributed by atoms with Crippen LogP contribution in [0.2, 0.25) is 0 Å². The minimum absolute atomic E-state index is 0.634. The molecule has 0 saturated heterocycles. The van der Waals surface area contributed by atoms with Gasteiger partial charge in [0.25, 0.3) is 0 Å². The molecule has 0 saturated carbocycles. The van der Waals surface area contributed by atoms with Crippen LogP contribution in [0, 0.1) is 0 Å². The van der Waals surface area contributed by atoms with Gasteiger partial charge < -0.3 is 0 Å². The van der Waals surface area contributed by atoms with E-state index >= 15 is 0 Å². The van der Waals surface area contributed by atoms with Crippen LogP contribution in [-0.4, -0.2) is 24.9 Å². The van der Waals surface area contributed by atoms with Crippen LogP contribution in [0.1, 0.15) is 23.9 Å². The summed E-state index contributed by atoms with van der Waals surface area (Å²) in [5.74, 6) is 1.91. The van der Waals surface area contributed by atoms with E-state index in [1.54, 1.807) is 22.7 Å². The molecule has 5 aromatic carbocycles. The van der Waals surface area contributed by atoms with Crippen molar-refractivity contribution in [2.45, 2.75) is 26.7 Å². The molecular weight excluding hydrogens is 603 g/mol. The van der Waals surface area contributed by atoms with Crippen molar-refractivity contribution in [2.24, 2.45) is 0 Å². The first-order valence-electron chi connectivity index (χ1n) is 15.5. The maximum atomic E-state index is 5.05. The highest BCUT2D eigenvalue weighted by Gasteiger charge is 2.15. The van der Waals surface area contributed by atoms with Crippen LogP contribution in [0.4, 0.5) is 0 Å². The van der Waals surface area contributed by atoms with Crippen LogP contribution in [0.3, 0.4) is 0 Å². The molecule has 3 aromatic heterocycles. The third kappa shape index (κ3) is 5.49. The molecule has 0 radical (unpaired) electrons. The fourth-order valence-corrected chi connectivity index (χ4v) is 7.41. The Labute approximate surface area is 275 Å². The van der Waals surface area contributed by atoms with Gasteiger partial charge in [-0.1, -0.05) is 92.7 Å². The molecule has 3 heterocycles. The van der Waals surface area contributed by atoms with Gasteiger partial charge in [0.15, 0.2) is 17.5 Å². The van der Waals surface area contributed by atoms with E-state index in [1.807, 2.05) is 30.3 Å². The van der Waals surface area contributed by atoms with Gasteiger partial charge in [0.2, 0.25) is 0 Å². The fraction of sp³-hybridized carbons (Fsp3) is 0.103. The van der Waals surface area contributed by atoms with Gasteiger partial charge in [0.1, 0.15) is 0 Å². The second-order valence-corrected chi connectivity index (χ2v) is 13.4. The van der Waals surface area contributed by atoms with E-state index < -0.39 is 0 Å². The Balaban J connectivity index is 1.22. The molecule has 0 bridgehead atoms. The van der Waals surface area contributed by atoms with Gasteiger partial charge in [-0.2, -0.15) is 0 Å². The highest BCUT2D eigenvalue weighted by Crippen LogP contribution is 2.33. The number of hydrogen-bond acceptors (Lipinski definition) is 7. The molecule has 8 rings (SSSR count). The molecule has 0 N–H and O–H groups in total. The molecule has 0 fully saturated rings. The average molecular weight is 632 g/mol. The summed E-state index contributed by atoms with van der Waals surface area (Å²) in [5.41, 5.74) is 9.33. The number of aryl methyl sites for hydroxylation is 2. The Kier molecular flexibility index (Phi) is 7.40. The van der Waals surface area contributed by atoms with Gasteiger partial charge in [0.05, 0.1) is 30.4 Å². The van der Waals surface area contributed by atoms with E-state index in [1.165, 1.54) is 9.40 Å². The highest BCUT2D eigenvalue weighted by atomic mass is 32.1. The molecule has 0 aliphatic heterocycles. The second kappa shape index (κ2) is 12.0. The van der Waals surface area contributed by atoms with E-state index in [2.05, 4.69) is 98.8 Å². The first kappa shape index (κ1) is 28.4. The van der Waals surface area contributed by atoms with Crippen molar-refractivity contribution in [3.8, 4) is 56.4 Å². The van der Waals surface area contributed by atoms with Crippen molar-refractivity contribution in [1.29, 1.82) is 0 Å². The molecule has 0 unspecified atom stereocenters. The van der Waals surface area contributed by atoms with Crippen LogP contribution in [0.5, 0.6) is 0 Å². The third-order valence-electron chi connectivity index (χ3n) is 8.04. The fourth-order valence-electron chi connectivity index (χ4n) is 5.64. The number of fused-ring (bicyclic) bond motifs is 2. The second-order valence-electron chi connectivity index (χ2n) is 11.1. The number of rotatable bonds is 7. The summed E-state index contributed by atoms with van der Waals surface area (Å²) in [6.45, 7) is 4.29. The van der Waals surface area contributed by atoms with Gasteiger partial charge >= 0.3 is 0 Å². The normalized spacial score (nSPS) is 11.4. The van der Waals surface area contributed by atoms with Crippen molar-refractivity contribution in [2.75, 3.05) is 0 Å². The van der Waals surface area contributed by atoms with Crippen LogP contribution in [-0.2, 0) is 12.8 Å². The lowest BCUT2D eigenvalue weighted by Crippen LogP contribution is -2.00. The number of nitrogens with zero attached hydrogens (tertiary/aromatic N) is 5. The lowest BCUT2D eigenvalue weighted by Gasteiger charge is -2.10. The molecule has 7 heteroatoms. The molecule has 0 amide bonds. The first-order valence-corrected chi connectivity index (χ1v) is 17.1. The van der Waals surface area contributed by atoms with Crippen LogP contribution < -0.4 is 0 Å². The first-order chi connectivity index (χ1) is 22.6. The molecule has 46 heavy (non-hydrogen) atoms. The quantitative estimate of drug-likeness (QED) is 0.175. The number of thiazole rings is 2. The minimum Gasteiger partial charge on any atom is -0.241 e. The summed E-state index contributed by atoms with van der Waals surface area (Å²) >= 11 is 3.52. The summed E-state index contributed by atoms with van der Waals surface area (Å²) in [6, 6.07) is 40.0. The zero-order valence-corrected chi connectivity index (χ0v) is 27.1. The Morgan fingerprint density at radius 3 is 1.28 bits per heavy atom. The van der Waals surface area contributed by atoms with E-state index in [-0.39, 0.29) is 0 Å².